The average Bonchev–Trinajstić information content (AvgIpc) is 3.66. The lowest BCUT2D eigenvalue weighted by Gasteiger charge is -2.29. The molecule has 2 nitrogen and oxygen atoms in total. The van der Waals surface area contributed by atoms with Gasteiger partial charge in [0.25, 0.3) is 0 Å². The molecule has 0 saturated heterocycles. The van der Waals surface area contributed by atoms with E-state index in [1.54, 1.807) is 0 Å². The third kappa shape index (κ3) is 5.82. The molecule has 0 unspecified atom stereocenters. The minimum Gasteiger partial charge on any atom is -0.455 e. The van der Waals surface area contributed by atoms with Gasteiger partial charge in [0.2, 0.25) is 0 Å². The molecule has 1 aromatic heterocycles. The lowest BCUT2D eigenvalue weighted by Crippen LogP contribution is -2.16. The minimum atomic E-state index is 0.817. The van der Waals surface area contributed by atoms with Gasteiger partial charge in [-0.25, -0.2) is 0 Å². The number of furan rings is 1. The van der Waals surface area contributed by atoms with Gasteiger partial charge in [0, 0.05) is 39.2 Å². The van der Waals surface area contributed by atoms with Crippen LogP contribution >= 0.6 is 0 Å². The molecule has 0 aliphatic rings. The summed E-state index contributed by atoms with van der Waals surface area (Å²) in [5.74, 6) is 0. The summed E-state index contributed by atoms with van der Waals surface area (Å²) < 4.78 is 6.68. The van der Waals surface area contributed by atoms with Crippen LogP contribution in [0.5, 0.6) is 0 Å². The maximum absolute atomic E-state index is 6.68. The highest BCUT2D eigenvalue weighted by Gasteiger charge is 2.21. The summed E-state index contributed by atoms with van der Waals surface area (Å²) in [6, 6.07) is 58.2. The van der Waals surface area contributed by atoms with Crippen molar-refractivity contribution in [2.45, 2.75) is 0 Å². The highest BCUT2D eigenvalue weighted by atomic mass is 16.3. The topological polar surface area (TPSA) is 16.4 Å². The Morgan fingerprint density at radius 3 is 1.88 bits per heavy atom. The third-order valence-electron chi connectivity index (χ3n) is 11.4. The van der Waals surface area contributed by atoms with E-state index in [9.17, 15) is 0 Å². The molecule has 0 saturated carbocycles. The number of hydrogen-bond acceptors (Lipinski definition) is 2. The summed E-state index contributed by atoms with van der Waals surface area (Å²) >= 11 is 0. The monoisotopic (exact) mass is 741 g/mol. The van der Waals surface area contributed by atoms with Crippen LogP contribution < -0.4 is 4.90 Å². The van der Waals surface area contributed by atoms with Crippen molar-refractivity contribution in [3.05, 3.63) is 224 Å². The Kier molecular flexibility index (Phi) is 8.66. The number of rotatable bonds is 9. The van der Waals surface area contributed by atoms with Crippen molar-refractivity contribution in [1.82, 2.24) is 0 Å². The van der Waals surface area contributed by atoms with Crippen molar-refractivity contribution < 1.29 is 4.42 Å². The second-order valence-corrected chi connectivity index (χ2v) is 14.6. The quantitative estimate of drug-likeness (QED) is 0.108. The van der Waals surface area contributed by atoms with Gasteiger partial charge in [0.15, 0.2) is 0 Å². The molecule has 0 amide bonds. The minimum absolute atomic E-state index is 0.817. The zero-order valence-corrected chi connectivity index (χ0v) is 32.0. The van der Waals surface area contributed by atoms with E-state index in [4.69, 9.17) is 4.42 Å². The lowest BCUT2D eigenvalue weighted by molar-refractivity contribution is 0.672. The second-order valence-electron chi connectivity index (χ2n) is 14.6. The van der Waals surface area contributed by atoms with E-state index >= 15 is 0 Å². The predicted octanol–water partition coefficient (Wildman–Crippen LogP) is 16.1. The average molecular weight is 742 g/mol. The van der Waals surface area contributed by atoms with Crippen molar-refractivity contribution in [1.29, 1.82) is 0 Å². The molecule has 0 bridgehead atoms. The van der Waals surface area contributed by atoms with E-state index in [1.807, 2.05) is 18.2 Å². The van der Waals surface area contributed by atoms with Gasteiger partial charge in [-0.05, 0) is 102 Å². The Labute approximate surface area is 337 Å². The zero-order valence-electron chi connectivity index (χ0n) is 32.0. The zero-order chi connectivity index (χ0) is 39.2. The SMILES string of the molecule is C=C/C(=C\C=C\c1ccc(-c2cc3ccccc3c3ccccc23)cc1)N(c1ccc2c(c1)oc1c3ccccc3ccc21)c1cc2ccccc2c(C=C)c1C=C. The number of nitrogens with zero attached hydrogens (tertiary/aromatic N) is 1. The molecule has 274 valence electrons. The summed E-state index contributed by atoms with van der Waals surface area (Å²) in [6.45, 7) is 12.8. The highest BCUT2D eigenvalue weighted by Crippen LogP contribution is 2.42. The van der Waals surface area contributed by atoms with Gasteiger partial charge in [-0.3, -0.25) is 0 Å². The molecule has 0 radical (unpaired) electrons. The van der Waals surface area contributed by atoms with Gasteiger partial charge in [-0.2, -0.15) is 0 Å². The van der Waals surface area contributed by atoms with Crippen LogP contribution in [-0.2, 0) is 0 Å². The number of hydrogen-bond donors (Lipinski definition) is 0. The van der Waals surface area contributed by atoms with Crippen LogP contribution in [0, 0.1) is 0 Å². The Morgan fingerprint density at radius 2 is 1.14 bits per heavy atom. The number of fused-ring (bicyclic) bond motifs is 9. The fourth-order valence-corrected chi connectivity index (χ4v) is 8.61. The van der Waals surface area contributed by atoms with Crippen LogP contribution in [-0.4, -0.2) is 0 Å². The summed E-state index contributed by atoms with van der Waals surface area (Å²) in [4.78, 5) is 2.24. The summed E-state index contributed by atoms with van der Waals surface area (Å²) in [7, 11) is 0. The molecule has 0 spiro atoms. The molecular formula is C56H39NO. The van der Waals surface area contributed by atoms with Gasteiger partial charge < -0.3 is 9.32 Å². The Morgan fingerprint density at radius 1 is 0.500 bits per heavy atom. The van der Waals surface area contributed by atoms with Crippen LogP contribution in [0.15, 0.2) is 212 Å². The van der Waals surface area contributed by atoms with Crippen LogP contribution in [0.2, 0.25) is 0 Å². The lowest BCUT2D eigenvalue weighted by atomic mass is 9.93. The van der Waals surface area contributed by atoms with Crippen molar-refractivity contribution in [2.24, 2.45) is 0 Å². The standard InChI is InChI=1S/C56H39NO/c1-4-42(20-15-16-37-26-28-39(29-27-37)53-34-40-18-8-11-22-47(40)49-24-13-14-25-50(49)53)57(54-35-41-19-9-10-21-46(41)44(5-2)45(54)6-3)43-31-33-51-52-32-30-38-17-7-12-23-48(38)56(52)58-55(51)36-43/h4-36H,1-3H2/b16-15+,42-20+. The van der Waals surface area contributed by atoms with Crippen molar-refractivity contribution in [3.8, 4) is 11.1 Å². The summed E-state index contributed by atoms with van der Waals surface area (Å²) in [5, 5.41) is 11.7. The molecule has 58 heavy (non-hydrogen) atoms. The van der Waals surface area contributed by atoms with Gasteiger partial charge >= 0.3 is 0 Å². The molecule has 10 rings (SSSR count). The van der Waals surface area contributed by atoms with Crippen LogP contribution in [0.25, 0.3) is 94.4 Å². The summed E-state index contributed by atoms with van der Waals surface area (Å²) in [5.41, 5.74) is 10.0. The third-order valence-corrected chi connectivity index (χ3v) is 11.4. The van der Waals surface area contributed by atoms with Gasteiger partial charge in [0.1, 0.15) is 11.2 Å². The van der Waals surface area contributed by atoms with E-state index in [-0.39, 0.29) is 0 Å². The maximum Gasteiger partial charge on any atom is 0.143 e. The highest BCUT2D eigenvalue weighted by molar-refractivity contribution is 6.16. The van der Waals surface area contributed by atoms with Gasteiger partial charge in [0.05, 0.1) is 5.69 Å². The fourth-order valence-electron chi connectivity index (χ4n) is 8.61. The first-order valence-electron chi connectivity index (χ1n) is 19.6. The first kappa shape index (κ1) is 34.8. The molecule has 0 atom stereocenters. The molecule has 0 aliphatic heterocycles. The van der Waals surface area contributed by atoms with Crippen molar-refractivity contribution in [3.63, 3.8) is 0 Å². The Balaban J connectivity index is 1.08. The number of benzene rings is 9. The van der Waals surface area contributed by atoms with Crippen molar-refractivity contribution >= 4 is 94.6 Å². The normalized spacial score (nSPS) is 12.0. The molecule has 2 heteroatoms. The van der Waals surface area contributed by atoms with E-state index in [0.717, 1.165) is 77.2 Å². The first-order valence-corrected chi connectivity index (χ1v) is 19.6. The fraction of sp³-hybridized carbons (Fsp3) is 0. The Hall–Kier alpha value is -7.68. The van der Waals surface area contributed by atoms with Gasteiger partial charge in [-0.1, -0.05) is 171 Å². The largest absolute Gasteiger partial charge is 0.455 e. The molecule has 10 aromatic rings. The van der Waals surface area contributed by atoms with E-state index < -0.39 is 0 Å². The van der Waals surface area contributed by atoms with E-state index in [0.29, 0.717) is 0 Å². The first-order chi connectivity index (χ1) is 28.6. The predicted molar refractivity (Wildman–Crippen MR) is 252 cm³/mol. The van der Waals surface area contributed by atoms with Crippen LogP contribution in [0.1, 0.15) is 16.7 Å². The van der Waals surface area contributed by atoms with Gasteiger partial charge in [-0.15, -0.1) is 0 Å². The van der Waals surface area contributed by atoms with Crippen molar-refractivity contribution in [2.75, 3.05) is 4.90 Å². The molecule has 0 aliphatic carbocycles. The number of allylic oxidation sites excluding steroid dienone is 3. The second kappa shape index (κ2) is 14.4. The summed E-state index contributed by atoms with van der Waals surface area (Å²) in [6.07, 6.45) is 12.1. The van der Waals surface area contributed by atoms with E-state index in [1.165, 1.54) is 32.7 Å². The molecule has 1 heterocycles. The molecule has 0 fully saturated rings. The van der Waals surface area contributed by atoms with E-state index in [2.05, 4.69) is 207 Å². The molecular weight excluding hydrogens is 703 g/mol. The Bertz CT molecular complexity index is 3340. The van der Waals surface area contributed by atoms with Crippen LogP contribution in [0.4, 0.5) is 11.4 Å². The smallest absolute Gasteiger partial charge is 0.143 e. The molecule has 0 N–H and O–H groups in total. The maximum atomic E-state index is 6.68. The number of anilines is 2. The molecule has 9 aromatic carbocycles. The van der Waals surface area contributed by atoms with Crippen LogP contribution in [0.3, 0.4) is 0 Å².